The van der Waals surface area contributed by atoms with Crippen molar-refractivity contribution in [3.05, 3.63) is 30.1 Å². The molecule has 0 aromatic carbocycles. The number of nitrogens with zero attached hydrogens (tertiary/aromatic N) is 2. The summed E-state index contributed by atoms with van der Waals surface area (Å²) in [6.45, 7) is 11.2. The van der Waals surface area contributed by atoms with E-state index in [0.29, 0.717) is 0 Å². The molecule has 0 aliphatic rings. The number of hydrogen-bond donors (Lipinski definition) is 0. The van der Waals surface area contributed by atoms with Crippen molar-refractivity contribution in [2.24, 2.45) is 5.41 Å². The van der Waals surface area contributed by atoms with Crippen molar-refractivity contribution < 1.29 is 0 Å². The summed E-state index contributed by atoms with van der Waals surface area (Å²) in [7, 11) is 0. The summed E-state index contributed by atoms with van der Waals surface area (Å²) in [4.78, 5) is 0. The lowest BCUT2D eigenvalue weighted by Crippen LogP contribution is -2.20. The lowest BCUT2D eigenvalue weighted by atomic mass is 9.88. The van der Waals surface area contributed by atoms with E-state index in [1.807, 2.05) is 13.0 Å². The van der Waals surface area contributed by atoms with E-state index < -0.39 is 0 Å². The first kappa shape index (κ1) is 12.5. The maximum Gasteiger partial charge on any atom is 0.0596 e. The Balaban J connectivity index is 2.92. The Morgan fingerprint density at radius 3 is 2.80 bits per heavy atom. The number of allylic oxidation sites excluding steroid dienone is 1. The van der Waals surface area contributed by atoms with Crippen LogP contribution in [0.25, 0.3) is 0 Å². The van der Waals surface area contributed by atoms with Crippen LogP contribution in [0.4, 0.5) is 0 Å². The van der Waals surface area contributed by atoms with E-state index in [9.17, 15) is 0 Å². The summed E-state index contributed by atoms with van der Waals surface area (Å²) in [5.41, 5.74) is 2.49. The molecule has 0 spiro atoms. The number of alkyl halides is 1. The van der Waals surface area contributed by atoms with E-state index >= 15 is 0 Å². The lowest BCUT2D eigenvalue weighted by Gasteiger charge is -2.22. The maximum atomic E-state index is 4.45. The van der Waals surface area contributed by atoms with Crippen molar-refractivity contribution in [1.82, 2.24) is 9.78 Å². The molecule has 0 saturated carbocycles. The molecular formula is C12H19BrN2. The topological polar surface area (TPSA) is 17.8 Å². The summed E-state index contributed by atoms with van der Waals surface area (Å²) in [6, 6.07) is 2.16. The van der Waals surface area contributed by atoms with Gasteiger partial charge in [-0.3, -0.25) is 4.68 Å². The molecule has 2 nitrogen and oxygen atoms in total. The summed E-state index contributed by atoms with van der Waals surface area (Å²) >= 11 is 3.54. The van der Waals surface area contributed by atoms with Crippen LogP contribution in [-0.2, 0) is 13.0 Å². The lowest BCUT2D eigenvalue weighted by molar-refractivity contribution is 0.464. The molecule has 0 radical (unpaired) electrons. The van der Waals surface area contributed by atoms with Gasteiger partial charge in [0.1, 0.15) is 0 Å². The zero-order chi connectivity index (χ0) is 11.5. The van der Waals surface area contributed by atoms with Crippen molar-refractivity contribution in [2.45, 2.75) is 33.7 Å². The molecule has 1 rings (SSSR count). The number of hydrogen-bond acceptors (Lipinski definition) is 1. The Morgan fingerprint density at radius 1 is 1.67 bits per heavy atom. The Bertz CT molecular complexity index is 343. The van der Waals surface area contributed by atoms with Gasteiger partial charge in [-0.05, 0) is 26.3 Å². The molecule has 1 aromatic heterocycles. The second kappa shape index (κ2) is 4.97. The first-order chi connectivity index (χ1) is 7.04. The van der Waals surface area contributed by atoms with Crippen LogP contribution in [0.5, 0.6) is 0 Å². The van der Waals surface area contributed by atoms with Crippen LogP contribution in [0.15, 0.2) is 18.7 Å². The molecule has 1 heterocycles. The van der Waals surface area contributed by atoms with E-state index in [-0.39, 0.29) is 5.41 Å². The van der Waals surface area contributed by atoms with Gasteiger partial charge in [-0.1, -0.05) is 28.9 Å². The highest BCUT2D eigenvalue weighted by Crippen LogP contribution is 2.26. The Labute approximate surface area is 101 Å². The Morgan fingerprint density at radius 2 is 2.33 bits per heavy atom. The SMILES string of the molecule is C=CC(C)(CBr)Cc1cc(C)nn1CC. The van der Waals surface area contributed by atoms with Crippen molar-refractivity contribution in [3.63, 3.8) is 0 Å². The van der Waals surface area contributed by atoms with Gasteiger partial charge in [0.05, 0.1) is 5.69 Å². The molecule has 0 bridgehead atoms. The maximum absolute atomic E-state index is 4.45. The van der Waals surface area contributed by atoms with Crippen LogP contribution in [0.3, 0.4) is 0 Å². The fourth-order valence-corrected chi connectivity index (χ4v) is 2.03. The molecule has 0 amide bonds. The molecule has 1 aromatic rings. The molecular weight excluding hydrogens is 252 g/mol. The predicted molar refractivity (Wildman–Crippen MR) is 68.4 cm³/mol. The average molecular weight is 271 g/mol. The predicted octanol–water partition coefficient (Wildman–Crippen LogP) is 3.34. The molecule has 0 saturated heterocycles. The number of aromatic nitrogens is 2. The Kier molecular flexibility index (Phi) is 4.14. The average Bonchev–Trinajstić information content (AvgIpc) is 2.58. The van der Waals surface area contributed by atoms with Gasteiger partial charge in [0.15, 0.2) is 0 Å². The minimum absolute atomic E-state index is 0.111. The highest BCUT2D eigenvalue weighted by molar-refractivity contribution is 9.09. The van der Waals surface area contributed by atoms with Crippen molar-refractivity contribution in [2.75, 3.05) is 5.33 Å². The Hall–Kier alpha value is -0.570. The third-order valence-electron chi connectivity index (χ3n) is 2.67. The molecule has 0 N–H and O–H groups in total. The van der Waals surface area contributed by atoms with Crippen LogP contribution < -0.4 is 0 Å². The van der Waals surface area contributed by atoms with Crippen LogP contribution in [0, 0.1) is 12.3 Å². The molecule has 0 fully saturated rings. The quantitative estimate of drug-likeness (QED) is 0.593. The van der Waals surface area contributed by atoms with Gasteiger partial charge in [-0.15, -0.1) is 6.58 Å². The van der Waals surface area contributed by atoms with E-state index in [4.69, 9.17) is 0 Å². The third-order valence-corrected chi connectivity index (χ3v) is 3.95. The van der Waals surface area contributed by atoms with E-state index in [2.05, 4.69) is 52.2 Å². The number of rotatable bonds is 5. The highest BCUT2D eigenvalue weighted by atomic mass is 79.9. The molecule has 15 heavy (non-hydrogen) atoms. The minimum atomic E-state index is 0.111. The second-order valence-corrected chi connectivity index (χ2v) is 4.82. The van der Waals surface area contributed by atoms with Crippen LogP contribution >= 0.6 is 15.9 Å². The third kappa shape index (κ3) is 2.94. The minimum Gasteiger partial charge on any atom is -0.270 e. The van der Waals surface area contributed by atoms with Gasteiger partial charge in [0, 0.05) is 23.0 Å². The summed E-state index contributed by atoms with van der Waals surface area (Å²) in [6.07, 6.45) is 3.00. The van der Waals surface area contributed by atoms with Gasteiger partial charge in [-0.2, -0.15) is 5.10 Å². The molecule has 1 unspecified atom stereocenters. The second-order valence-electron chi connectivity index (χ2n) is 4.26. The first-order valence-corrected chi connectivity index (χ1v) is 6.39. The fourth-order valence-electron chi connectivity index (χ4n) is 1.60. The van der Waals surface area contributed by atoms with E-state index in [0.717, 1.165) is 24.0 Å². The molecule has 1 atom stereocenters. The highest BCUT2D eigenvalue weighted by Gasteiger charge is 2.21. The summed E-state index contributed by atoms with van der Waals surface area (Å²) in [5.74, 6) is 0. The summed E-state index contributed by atoms with van der Waals surface area (Å²) in [5, 5.41) is 5.38. The van der Waals surface area contributed by atoms with Gasteiger partial charge < -0.3 is 0 Å². The largest absolute Gasteiger partial charge is 0.270 e. The standard InChI is InChI=1S/C12H19BrN2/c1-5-12(4,9-13)8-11-7-10(3)14-15(11)6-2/h5,7H,1,6,8-9H2,2-4H3. The van der Waals surface area contributed by atoms with E-state index in [1.54, 1.807) is 0 Å². The van der Waals surface area contributed by atoms with Crippen LogP contribution in [0.2, 0.25) is 0 Å². The number of halogens is 1. The molecule has 84 valence electrons. The van der Waals surface area contributed by atoms with Crippen molar-refractivity contribution >= 4 is 15.9 Å². The summed E-state index contributed by atoms with van der Waals surface area (Å²) < 4.78 is 2.07. The normalized spacial score (nSPS) is 14.9. The van der Waals surface area contributed by atoms with Crippen LogP contribution in [-0.4, -0.2) is 15.1 Å². The number of aryl methyl sites for hydroxylation is 2. The smallest absolute Gasteiger partial charge is 0.0596 e. The van der Waals surface area contributed by atoms with Gasteiger partial charge in [0.25, 0.3) is 0 Å². The van der Waals surface area contributed by atoms with Gasteiger partial charge in [0.2, 0.25) is 0 Å². The van der Waals surface area contributed by atoms with Crippen LogP contribution in [0.1, 0.15) is 25.2 Å². The van der Waals surface area contributed by atoms with E-state index in [1.165, 1.54) is 5.69 Å². The molecule has 3 heteroatoms. The zero-order valence-corrected chi connectivity index (χ0v) is 11.3. The monoisotopic (exact) mass is 270 g/mol. The van der Waals surface area contributed by atoms with Crippen molar-refractivity contribution in [1.29, 1.82) is 0 Å². The molecule has 0 aliphatic heterocycles. The first-order valence-electron chi connectivity index (χ1n) is 5.27. The van der Waals surface area contributed by atoms with Crippen molar-refractivity contribution in [3.8, 4) is 0 Å². The van der Waals surface area contributed by atoms with Gasteiger partial charge in [-0.25, -0.2) is 0 Å². The zero-order valence-electron chi connectivity index (χ0n) is 9.76. The van der Waals surface area contributed by atoms with Gasteiger partial charge >= 0.3 is 0 Å². The fraction of sp³-hybridized carbons (Fsp3) is 0.583. The molecule has 0 aliphatic carbocycles.